The third-order valence-corrected chi connectivity index (χ3v) is 5.69. The van der Waals surface area contributed by atoms with Crippen LogP contribution in [0, 0.1) is 19.7 Å². The predicted octanol–water partition coefficient (Wildman–Crippen LogP) is 4.58. The minimum absolute atomic E-state index is 0.121. The Hall–Kier alpha value is -3.13. The van der Waals surface area contributed by atoms with Gasteiger partial charge in [-0.1, -0.05) is 12.1 Å². The first-order chi connectivity index (χ1) is 14.3. The van der Waals surface area contributed by atoms with E-state index in [-0.39, 0.29) is 23.4 Å². The van der Waals surface area contributed by atoms with E-state index in [2.05, 4.69) is 10.4 Å². The van der Waals surface area contributed by atoms with Crippen molar-refractivity contribution < 1.29 is 14.0 Å². The molecule has 8 heteroatoms. The molecule has 6 nitrogen and oxygen atoms in total. The molecule has 156 valence electrons. The standard InChI is InChI=1S/C22H23FN4O2S/c1-14-18(15(2)27(25-14)17-11-9-16(23)10-12-17)13-21(28)24-19-7-5-6-8-20(19)30-22(29)26(3)4/h5-12H,13H2,1-4H3,(H,24,28). The molecule has 0 aliphatic carbocycles. The van der Waals surface area contributed by atoms with E-state index < -0.39 is 0 Å². The third kappa shape index (κ3) is 4.88. The van der Waals surface area contributed by atoms with E-state index in [1.165, 1.54) is 17.0 Å². The van der Waals surface area contributed by atoms with Gasteiger partial charge in [0.1, 0.15) is 5.82 Å². The molecule has 0 unspecified atom stereocenters. The van der Waals surface area contributed by atoms with Crippen molar-refractivity contribution in [2.45, 2.75) is 25.2 Å². The Morgan fingerprint density at radius 2 is 1.77 bits per heavy atom. The van der Waals surface area contributed by atoms with Crippen LogP contribution >= 0.6 is 11.8 Å². The summed E-state index contributed by atoms with van der Waals surface area (Å²) in [4.78, 5) is 26.9. The molecule has 0 bridgehead atoms. The maximum absolute atomic E-state index is 13.2. The number of aryl methyl sites for hydroxylation is 1. The maximum Gasteiger partial charge on any atom is 0.286 e. The highest BCUT2D eigenvalue weighted by Crippen LogP contribution is 2.29. The quantitative estimate of drug-likeness (QED) is 0.607. The summed E-state index contributed by atoms with van der Waals surface area (Å²) < 4.78 is 14.9. The Bertz CT molecular complexity index is 1080. The minimum atomic E-state index is -0.316. The number of thioether (sulfide) groups is 1. The van der Waals surface area contributed by atoms with Crippen LogP contribution < -0.4 is 5.32 Å². The molecule has 3 aromatic rings. The lowest BCUT2D eigenvalue weighted by molar-refractivity contribution is -0.115. The molecule has 0 aliphatic rings. The van der Waals surface area contributed by atoms with Gasteiger partial charge in [-0.2, -0.15) is 5.10 Å². The first kappa shape index (κ1) is 21.6. The zero-order chi connectivity index (χ0) is 21.8. The number of anilines is 1. The van der Waals surface area contributed by atoms with Crippen LogP contribution in [0.5, 0.6) is 0 Å². The minimum Gasteiger partial charge on any atom is -0.339 e. The summed E-state index contributed by atoms with van der Waals surface area (Å²) >= 11 is 1.06. The molecule has 0 atom stereocenters. The molecular formula is C22H23FN4O2S. The number of nitrogens with zero attached hydrogens (tertiary/aromatic N) is 3. The first-order valence-corrected chi connectivity index (χ1v) is 10.2. The van der Waals surface area contributed by atoms with E-state index in [0.717, 1.165) is 34.4 Å². The Balaban J connectivity index is 1.78. The smallest absolute Gasteiger partial charge is 0.286 e. The second-order valence-corrected chi connectivity index (χ2v) is 8.01. The van der Waals surface area contributed by atoms with Gasteiger partial charge >= 0.3 is 0 Å². The lowest BCUT2D eigenvalue weighted by Gasteiger charge is -2.13. The molecule has 2 aromatic carbocycles. The number of halogens is 1. The van der Waals surface area contributed by atoms with E-state index in [1.54, 1.807) is 43.0 Å². The molecular weight excluding hydrogens is 403 g/mol. The van der Waals surface area contributed by atoms with E-state index >= 15 is 0 Å². The van der Waals surface area contributed by atoms with E-state index in [4.69, 9.17) is 0 Å². The molecule has 1 aromatic heterocycles. The SMILES string of the molecule is Cc1nn(-c2ccc(F)cc2)c(C)c1CC(=O)Nc1ccccc1SC(=O)N(C)C. The molecule has 1 heterocycles. The second-order valence-electron chi connectivity index (χ2n) is 7.02. The largest absolute Gasteiger partial charge is 0.339 e. The normalized spacial score (nSPS) is 10.7. The fourth-order valence-corrected chi connectivity index (χ4v) is 3.71. The third-order valence-electron chi connectivity index (χ3n) is 4.57. The van der Waals surface area contributed by atoms with Crippen molar-refractivity contribution in [2.24, 2.45) is 0 Å². The number of aromatic nitrogens is 2. The number of hydrogen-bond acceptors (Lipinski definition) is 4. The lowest BCUT2D eigenvalue weighted by Crippen LogP contribution is -2.18. The van der Waals surface area contributed by atoms with Gasteiger partial charge in [-0.3, -0.25) is 9.59 Å². The summed E-state index contributed by atoms with van der Waals surface area (Å²) in [6, 6.07) is 13.2. The number of hydrogen-bond donors (Lipinski definition) is 1. The summed E-state index contributed by atoms with van der Waals surface area (Å²) in [5.74, 6) is -0.519. The molecule has 30 heavy (non-hydrogen) atoms. The first-order valence-electron chi connectivity index (χ1n) is 9.35. The van der Waals surface area contributed by atoms with Crippen LogP contribution in [0.15, 0.2) is 53.4 Å². The zero-order valence-corrected chi connectivity index (χ0v) is 18.1. The Morgan fingerprint density at radius 1 is 1.10 bits per heavy atom. The van der Waals surface area contributed by atoms with Crippen LogP contribution in [-0.2, 0) is 11.2 Å². The van der Waals surface area contributed by atoms with Gasteiger partial charge in [0.15, 0.2) is 0 Å². The molecule has 3 rings (SSSR count). The van der Waals surface area contributed by atoms with Gasteiger partial charge in [0.05, 0.1) is 23.5 Å². The summed E-state index contributed by atoms with van der Waals surface area (Å²) in [5, 5.41) is 7.28. The zero-order valence-electron chi connectivity index (χ0n) is 17.3. The molecule has 0 aliphatic heterocycles. The topological polar surface area (TPSA) is 67.2 Å². The van der Waals surface area contributed by atoms with Crippen LogP contribution in [0.1, 0.15) is 17.0 Å². The summed E-state index contributed by atoms with van der Waals surface area (Å²) in [7, 11) is 3.36. The monoisotopic (exact) mass is 426 g/mol. The van der Waals surface area contributed by atoms with E-state index in [1.807, 2.05) is 26.0 Å². The Labute approximate surface area is 179 Å². The van der Waals surface area contributed by atoms with Crippen molar-refractivity contribution in [3.8, 4) is 5.69 Å². The average Bonchev–Trinajstić information content (AvgIpc) is 2.98. The van der Waals surface area contributed by atoms with Gasteiger partial charge in [0, 0.05) is 30.2 Å². The molecule has 0 spiro atoms. The number of rotatable bonds is 5. The lowest BCUT2D eigenvalue weighted by atomic mass is 10.1. The van der Waals surface area contributed by atoms with Crippen molar-refractivity contribution in [2.75, 3.05) is 19.4 Å². The van der Waals surface area contributed by atoms with Gasteiger partial charge in [-0.05, 0) is 62.0 Å². The van der Waals surface area contributed by atoms with Crippen LogP contribution in [0.2, 0.25) is 0 Å². The van der Waals surface area contributed by atoms with Gasteiger partial charge < -0.3 is 10.2 Å². The van der Waals surface area contributed by atoms with Crippen molar-refractivity contribution in [3.63, 3.8) is 0 Å². The fraction of sp³-hybridized carbons (Fsp3) is 0.227. The fourth-order valence-electron chi connectivity index (χ4n) is 2.96. The molecule has 0 radical (unpaired) electrons. The van der Waals surface area contributed by atoms with Gasteiger partial charge in [-0.15, -0.1) is 0 Å². The van der Waals surface area contributed by atoms with Gasteiger partial charge in [-0.25, -0.2) is 9.07 Å². The van der Waals surface area contributed by atoms with E-state index in [0.29, 0.717) is 10.6 Å². The summed E-state index contributed by atoms with van der Waals surface area (Å²) in [6.45, 7) is 3.72. The van der Waals surface area contributed by atoms with Crippen LogP contribution in [0.4, 0.5) is 14.9 Å². The summed E-state index contributed by atoms with van der Waals surface area (Å²) in [5.41, 5.74) is 3.68. The molecule has 0 saturated heterocycles. The molecule has 0 fully saturated rings. The van der Waals surface area contributed by atoms with Crippen molar-refractivity contribution in [1.29, 1.82) is 0 Å². The molecule has 2 amide bonds. The van der Waals surface area contributed by atoms with Gasteiger partial charge in [0.25, 0.3) is 5.24 Å². The predicted molar refractivity (Wildman–Crippen MR) is 117 cm³/mol. The number of nitrogens with one attached hydrogen (secondary N) is 1. The van der Waals surface area contributed by atoms with Crippen LogP contribution in [-0.4, -0.2) is 39.9 Å². The highest BCUT2D eigenvalue weighted by molar-refractivity contribution is 8.13. The number of carbonyl (C=O) groups excluding carboxylic acids is 2. The maximum atomic E-state index is 13.2. The number of benzene rings is 2. The molecule has 1 N–H and O–H groups in total. The Kier molecular flexibility index (Phi) is 6.56. The number of carbonyl (C=O) groups is 2. The van der Waals surface area contributed by atoms with Crippen LogP contribution in [0.3, 0.4) is 0 Å². The number of para-hydroxylation sites is 1. The van der Waals surface area contributed by atoms with Crippen LogP contribution in [0.25, 0.3) is 5.69 Å². The average molecular weight is 427 g/mol. The Morgan fingerprint density at radius 3 is 2.43 bits per heavy atom. The van der Waals surface area contributed by atoms with Crippen molar-refractivity contribution >= 4 is 28.6 Å². The second kappa shape index (κ2) is 9.13. The van der Waals surface area contributed by atoms with Crippen molar-refractivity contribution in [1.82, 2.24) is 14.7 Å². The van der Waals surface area contributed by atoms with Gasteiger partial charge in [0.2, 0.25) is 5.91 Å². The number of amides is 2. The summed E-state index contributed by atoms with van der Waals surface area (Å²) in [6.07, 6.45) is 0.138. The van der Waals surface area contributed by atoms with Crippen molar-refractivity contribution in [3.05, 3.63) is 71.3 Å². The molecule has 0 saturated carbocycles. The van der Waals surface area contributed by atoms with E-state index in [9.17, 15) is 14.0 Å². The highest BCUT2D eigenvalue weighted by Gasteiger charge is 2.18. The highest BCUT2D eigenvalue weighted by atomic mass is 32.2.